The molecule has 0 aliphatic heterocycles. The summed E-state index contributed by atoms with van der Waals surface area (Å²) in [6, 6.07) is 21.9. The molecule has 5 rings (SSSR count). The van der Waals surface area contributed by atoms with Crippen LogP contribution in [0.15, 0.2) is 72.8 Å². The van der Waals surface area contributed by atoms with Crippen molar-refractivity contribution in [2.24, 2.45) is 0 Å². The molecule has 3 aromatic carbocycles. The standard InChI is InChI=1S/C32H32FN5O3S/c1-19(36-32-25-15-27(40-3)28(41-4)16-26(25)37-20(2)38-32)29-12-13-30(42-29)24-11-10-22(33)14-21(24)17-35-31(39)18-34-23-8-6-5-7-9-23/h5-16,19,34H,17-18H2,1-4H3,(H,35,39)(H,36,37,38). The molecule has 0 saturated heterocycles. The van der Waals surface area contributed by atoms with Crippen LogP contribution in [0, 0.1) is 12.7 Å². The van der Waals surface area contributed by atoms with E-state index >= 15 is 0 Å². The van der Waals surface area contributed by atoms with Crippen molar-refractivity contribution >= 4 is 39.7 Å². The summed E-state index contributed by atoms with van der Waals surface area (Å²) in [4.78, 5) is 23.8. The monoisotopic (exact) mass is 585 g/mol. The molecule has 5 aromatic rings. The Balaban J connectivity index is 1.32. The van der Waals surface area contributed by atoms with Gasteiger partial charge >= 0.3 is 0 Å². The molecule has 1 unspecified atom stereocenters. The Bertz CT molecular complexity index is 1710. The quantitative estimate of drug-likeness (QED) is 0.158. The molecule has 216 valence electrons. The molecule has 0 bridgehead atoms. The Hall–Kier alpha value is -4.70. The molecule has 2 aromatic heterocycles. The summed E-state index contributed by atoms with van der Waals surface area (Å²) in [5.74, 6) is 1.99. The van der Waals surface area contributed by atoms with Crippen LogP contribution in [0.2, 0.25) is 0 Å². The summed E-state index contributed by atoms with van der Waals surface area (Å²) in [7, 11) is 3.19. The van der Waals surface area contributed by atoms with Crippen molar-refractivity contribution in [3.63, 3.8) is 0 Å². The van der Waals surface area contributed by atoms with E-state index in [2.05, 4.69) is 32.8 Å². The second-order valence-electron chi connectivity index (χ2n) is 9.71. The molecule has 0 fully saturated rings. The van der Waals surface area contributed by atoms with Crippen LogP contribution in [0.4, 0.5) is 15.9 Å². The lowest BCUT2D eigenvalue weighted by atomic mass is 10.1. The second-order valence-corrected chi connectivity index (χ2v) is 10.8. The van der Waals surface area contributed by atoms with Crippen LogP contribution in [0.3, 0.4) is 0 Å². The Labute approximate surface area is 247 Å². The number of anilines is 2. The third-order valence-electron chi connectivity index (χ3n) is 6.76. The van der Waals surface area contributed by atoms with Gasteiger partial charge in [-0.25, -0.2) is 14.4 Å². The number of nitrogens with one attached hydrogen (secondary N) is 3. The largest absolute Gasteiger partial charge is 0.493 e. The van der Waals surface area contributed by atoms with Crippen LogP contribution in [-0.4, -0.2) is 36.6 Å². The van der Waals surface area contributed by atoms with Gasteiger partial charge in [0.15, 0.2) is 11.5 Å². The van der Waals surface area contributed by atoms with E-state index in [9.17, 15) is 9.18 Å². The minimum absolute atomic E-state index is 0.0815. The zero-order valence-electron chi connectivity index (χ0n) is 23.8. The molecule has 3 N–H and O–H groups in total. The number of carbonyl (C=O) groups is 1. The molecule has 8 nitrogen and oxygen atoms in total. The number of amides is 1. The van der Waals surface area contributed by atoms with E-state index in [1.807, 2.05) is 61.5 Å². The van der Waals surface area contributed by atoms with Gasteiger partial charge in [0.2, 0.25) is 5.91 Å². The maximum absolute atomic E-state index is 14.2. The summed E-state index contributed by atoms with van der Waals surface area (Å²) in [6.07, 6.45) is 0. The molecule has 0 aliphatic carbocycles. The number of rotatable bonds is 11. The number of halogens is 1. The van der Waals surface area contributed by atoms with E-state index < -0.39 is 0 Å². The third-order valence-corrected chi connectivity index (χ3v) is 8.06. The summed E-state index contributed by atoms with van der Waals surface area (Å²) in [5, 5.41) is 10.3. The Morgan fingerprint density at radius 3 is 2.50 bits per heavy atom. The Morgan fingerprint density at radius 2 is 1.74 bits per heavy atom. The fraction of sp³-hybridized carbons (Fsp3) is 0.219. The number of carbonyl (C=O) groups excluding carboxylic acids is 1. The fourth-order valence-corrected chi connectivity index (χ4v) is 5.70. The molecule has 1 atom stereocenters. The second kappa shape index (κ2) is 12.9. The third kappa shape index (κ3) is 6.60. The van der Waals surface area contributed by atoms with E-state index in [0.29, 0.717) is 28.7 Å². The maximum atomic E-state index is 14.2. The van der Waals surface area contributed by atoms with Gasteiger partial charge < -0.3 is 25.4 Å². The van der Waals surface area contributed by atoms with Crippen molar-refractivity contribution < 1.29 is 18.7 Å². The minimum atomic E-state index is -0.352. The van der Waals surface area contributed by atoms with Crippen LogP contribution in [-0.2, 0) is 11.3 Å². The van der Waals surface area contributed by atoms with Gasteiger partial charge in [0.25, 0.3) is 0 Å². The van der Waals surface area contributed by atoms with Gasteiger partial charge in [-0.15, -0.1) is 11.3 Å². The van der Waals surface area contributed by atoms with Crippen LogP contribution < -0.4 is 25.4 Å². The molecule has 42 heavy (non-hydrogen) atoms. The lowest BCUT2D eigenvalue weighted by molar-refractivity contribution is -0.119. The molecular formula is C32H32FN5O3S. The number of para-hydroxylation sites is 1. The van der Waals surface area contributed by atoms with Gasteiger partial charge in [0.1, 0.15) is 17.5 Å². The zero-order chi connectivity index (χ0) is 29.6. The molecule has 1 amide bonds. The number of hydrogen-bond donors (Lipinski definition) is 3. The first-order valence-corrected chi connectivity index (χ1v) is 14.3. The molecule has 2 heterocycles. The molecule has 10 heteroatoms. The van der Waals surface area contributed by atoms with Crippen molar-refractivity contribution in [3.05, 3.63) is 94.9 Å². The summed E-state index contributed by atoms with van der Waals surface area (Å²) in [5.41, 5.74) is 3.18. The van der Waals surface area contributed by atoms with Gasteiger partial charge in [-0.1, -0.05) is 24.3 Å². The van der Waals surface area contributed by atoms with Gasteiger partial charge in [-0.3, -0.25) is 4.79 Å². The summed E-state index contributed by atoms with van der Waals surface area (Å²) in [6.45, 7) is 4.24. The smallest absolute Gasteiger partial charge is 0.239 e. The fourth-order valence-electron chi connectivity index (χ4n) is 4.63. The SMILES string of the molecule is COc1cc2nc(C)nc(NC(C)c3ccc(-c4ccc(F)cc4CNC(=O)CNc4ccccc4)s3)c2cc1OC. The predicted octanol–water partition coefficient (Wildman–Crippen LogP) is 6.72. The van der Waals surface area contributed by atoms with E-state index in [1.54, 1.807) is 31.6 Å². The number of nitrogens with zero attached hydrogens (tertiary/aromatic N) is 2. The maximum Gasteiger partial charge on any atom is 0.239 e. The van der Waals surface area contributed by atoms with Crippen molar-refractivity contribution in [3.8, 4) is 21.9 Å². The van der Waals surface area contributed by atoms with Crippen molar-refractivity contribution in [1.82, 2.24) is 15.3 Å². The van der Waals surface area contributed by atoms with Crippen molar-refractivity contribution in [1.29, 1.82) is 0 Å². The summed E-state index contributed by atoms with van der Waals surface area (Å²) >= 11 is 1.60. The number of hydrogen-bond acceptors (Lipinski definition) is 8. The number of fused-ring (bicyclic) bond motifs is 1. The zero-order valence-corrected chi connectivity index (χ0v) is 24.6. The number of ether oxygens (including phenoxy) is 2. The normalized spacial score (nSPS) is 11.6. The predicted molar refractivity (Wildman–Crippen MR) is 166 cm³/mol. The number of benzene rings is 3. The molecule has 0 spiro atoms. The van der Waals surface area contributed by atoms with Gasteiger partial charge in [0.05, 0.1) is 32.3 Å². The number of aryl methyl sites for hydroxylation is 1. The van der Waals surface area contributed by atoms with E-state index in [4.69, 9.17) is 9.47 Å². The van der Waals surface area contributed by atoms with Gasteiger partial charge in [0, 0.05) is 33.4 Å². The molecule has 0 radical (unpaired) electrons. The average Bonchev–Trinajstić information content (AvgIpc) is 3.49. The van der Waals surface area contributed by atoms with Crippen LogP contribution in [0.5, 0.6) is 11.5 Å². The van der Waals surface area contributed by atoms with E-state index in [-0.39, 0.29) is 30.9 Å². The highest BCUT2D eigenvalue weighted by Gasteiger charge is 2.17. The van der Waals surface area contributed by atoms with Gasteiger partial charge in [-0.2, -0.15) is 0 Å². The first-order valence-electron chi connectivity index (χ1n) is 13.5. The lowest BCUT2D eigenvalue weighted by Gasteiger charge is -2.17. The number of methoxy groups -OCH3 is 2. The van der Waals surface area contributed by atoms with Crippen LogP contribution in [0.25, 0.3) is 21.3 Å². The topological polar surface area (TPSA) is 97.4 Å². The highest BCUT2D eigenvalue weighted by atomic mass is 32.1. The molecule has 0 saturated carbocycles. The van der Waals surface area contributed by atoms with Crippen LogP contribution in [0.1, 0.15) is 29.2 Å². The lowest BCUT2D eigenvalue weighted by Crippen LogP contribution is -2.29. The highest BCUT2D eigenvalue weighted by Crippen LogP contribution is 2.37. The molecule has 0 aliphatic rings. The highest BCUT2D eigenvalue weighted by molar-refractivity contribution is 7.15. The first-order chi connectivity index (χ1) is 20.3. The Kier molecular flexibility index (Phi) is 8.83. The first kappa shape index (κ1) is 28.8. The van der Waals surface area contributed by atoms with Crippen molar-refractivity contribution in [2.75, 3.05) is 31.4 Å². The molecular weight excluding hydrogens is 553 g/mol. The van der Waals surface area contributed by atoms with Crippen molar-refractivity contribution in [2.45, 2.75) is 26.4 Å². The van der Waals surface area contributed by atoms with E-state index in [1.165, 1.54) is 12.1 Å². The van der Waals surface area contributed by atoms with Crippen LogP contribution >= 0.6 is 11.3 Å². The summed E-state index contributed by atoms with van der Waals surface area (Å²) < 4.78 is 25.2. The number of aromatic nitrogens is 2. The average molecular weight is 586 g/mol. The van der Waals surface area contributed by atoms with Gasteiger partial charge in [-0.05, 0) is 67.4 Å². The van der Waals surface area contributed by atoms with E-state index in [0.717, 1.165) is 31.9 Å². The number of thiophene rings is 1. The minimum Gasteiger partial charge on any atom is -0.493 e. The Morgan fingerprint density at radius 1 is 0.976 bits per heavy atom.